The molecule has 0 aromatic heterocycles. The van der Waals surface area contributed by atoms with Gasteiger partial charge in [-0.25, -0.2) is 13.1 Å². The van der Waals surface area contributed by atoms with E-state index in [-0.39, 0.29) is 29.6 Å². The largest absolute Gasteiger partial charge is 0.495 e. The lowest BCUT2D eigenvalue weighted by Crippen LogP contribution is -2.26. The highest BCUT2D eigenvalue weighted by Crippen LogP contribution is 2.28. The maximum absolute atomic E-state index is 12.5. The van der Waals surface area contributed by atoms with Gasteiger partial charge >= 0.3 is 0 Å². The van der Waals surface area contributed by atoms with Gasteiger partial charge in [-0.05, 0) is 36.8 Å². The Labute approximate surface area is 146 Å². The van der Waals surface area contributed by atoms with Crippen LogP contribution < -0.4 is 14.8 Å². The minimum Gasteiger partial charge on any atom is -0.495 e. The number of anilines is 1. The zero-order valence-corrected chi connectivity index (χ0v) is 14.8. The average molecular weight is 364 g/mol. The van der Waals surface area contributed by atoms with Gasteiger partial charge in [0.1, 0.15) is 5.75 Å². The summed E-state index contributed by atoms with van der Waals surface area (Å²) in [6, 6.07) is 11.2. The molecule has 0 bridgehead atoms. The van der Waals surface area contributed by atoms with Crippen molar-refractivity contribution in [2.45, 2.75) is 11.8 Å². The van der Waals surface area contributed by atoms with Crippen molar-refractivity contribution in [3.63, 3.8) is 0 Å². The summed E-state index contributed by atoms with van der Waals surface area (Å²) in [4.78, 5) is 12.4. The molecule has 0 spiro atoms. The zero-order chi connectivity index (χ0) is 18.4. The molecule has 7 nitrogen and oxygen atoms in total. The van der Waals surface area contributed by atoms with Crippen LogP contribution in [0.25, 0.3) is 0 Å². The third kappa shape index (κ3) is 4.56. The molecule has 0 fully saturated rings. The molecule has 0 aliphatic rings. The third-order valence-electron chi connectivity index (χ3n) is 3.52. The van der Waals surface area contributed by atoms with E-state index in [0.29, 0.717) is 11.3 Å². The van der Waals surface area contributed by atoms with Crippen LogP contribution in [0.5, 0.6) is 5.75 Å². The lowest BCUT2D eigenvalue weighted by Gasteiger charge is -2.13. The Bertz CT molecular complexity index is 865. The zero-order valence-electron chi connectivity index (χ0n) is 13.9. The van der Waals surface area contributed by atoms with Crippen LogP contribution in [0, 0.1) is 6.92 Å². The van der Waals surface area contributed by atoms with Crippen molar-refractivity contribution < 1.29 is 23.1 Å². The van der Waals surface area contributed by atoms with E-state index in [0.717, 1.165) is 5.56 Å². The van der Waals surface area contributed by atoms with Crippen molar-refractivity contribution in [2.75, 3.05) is 25.6 Å². The van der Waals surface area contributed by atoms with Gasteiger partial charge in [-0.1, -0.05) is 18.2 Å². The molecule has 0 heterocycles. The average Bonchev–Trinajstić information content (AvgIpc) is 2.60. The molecule has 0 saturated carbocycles. The second-order valence-electron chi connectivity index (χ2n) is 5.25. The Kier molecular flexibility index (Phi) is 6.13. The molecule has 0 aliphatic heterocycles. The van der Waals surface area contributed by atoms with Crippen LogP contribution in [-0.4, -0.2) is 39.7 Å². The molecule has 25 heavy (non-hydrogen) atoms. The number of sulfonamides is 1. The molecular formula is C17H20N2O5S. The SMILES string of the molecule is COc1ccc(S(=O)(=O)NCCO)cc1NC(=O)c1ccccc1C. The molecule has 134 valence electrons. The van der Waals surface area contributed by atoms with E-state index < -0.39 is 10.0 Å². The molecule has 2 aromatic carbocycles. The van der Waals surface area contributed by atoms with Crippen molar-refractivity contribution in [3.05, 3.63) is 53.6 Å². The highest BCUT2D eigenvalue weighted by molar-refractivity contribution is 7.89. The number of aliphatic hydroxyl groups is 1. The standard InChI is InChI=1S/C17H20N2O5S/c1-12-5-3-4-6-14(12)17(21)19-15-11-13(7-8-16(15)24-2)25(22,23)18-9-10-20/h3-8,11,18,20H,9-10H2,1-2H3,(H,19,21). The number of nitrogens with one attached hydrogen (secondary N) is 2. The van der Waals surface area contributed by atoms with Crippen LogP contribution >= 0.6 is 0 Å². The molecular weight excluding hydrogens is 344 g/mol. The first-order valence-corrected chi connectivity index (χ1v) is 9.03. The number of aryl methyl sites for hydroxylation is 1. The second-order valence-corrected chi connectivity index (χ2v) is 7.02. The number of ether oxygens (including phenoxy) is 1. The molecule has 3 N–H and O–H groups in total. The van der Waals surface area contributed by atoms with Gasteiger partial charge in [-0.15, -0.1) is 0 Å². The predicted molar refractivity (Wildman–Crippen MR) is 94.4 cm³/mol. The molecule has 0 atom stereocenters. The van der Waals surface area contributed by atoms with Gasteiger partial charge in [-0.3, -0.25) is 4.79 Å². The monoisotopic (exact) mass is 364 g/mol. The predicted octanol–water partition coefficient (Wildman–Crippen LogP) is 1.53. The summed E-state index contributed by atoms with van der Waals surface area (Å²) in [6.45, 7) is 1.40. The summed E-state index contributed by atoms with van der Waals surface area (Å²) >= 11 is 0. The number of rotatable bonds is 7. The van der Waals surface area contributed by atoms with E-state index in [2.05, 4.69) is 10.0 Å². The number of amides is 1. The number of methoxy groups -OCH3 is 1. The molecule has 2 aromatic rings. The summed E-state index contributed by atoms with van der Waals surface area (Å²) in [6.07, 6.45) is 0. The van der Waals surface area contributed by atoms with Crippen LogP contribution in [0.4, 0.5) is 5.69 Å². The highest BCUT2D eigenvalue weighted by Gasteiger charge is 2.18. The summed E-state index contributed by atoms with van der Waals surface area (Å²) in [5.74, 6) is -0.0303. The van der Waals surface area contributed by atoms with Crippen molar-refractivity contribution in [3.8, 4) is 5.75 Å². The van der Waals surface area contributed by atoms with E-state index >= 15 is 0 Å². The van der Waals surface area contributed by atoms with Crippen molar-refractivity contribution in [1.82, 2.24) is 4.72 Å². The smallest absolute Gasteiger partial charge is 0.256 e. The maximum atomic E-state index is 12.5. The highest BCUT2D eigenvalue weighted by atomic mass is 32.2. The van der Waals surface area contributed by atoms with Crippen LogP contribution in [0.3, 0.4) is 0 Å². The lowest BCUT2D eigenvalue weighted by atomic mass is 10.1. The molecule has 8 heteroatoms. The van der Waals surface area contributed by atoms with E-state index in [9.17, 15) is 13.2 Å². The van der Waals surface area contributed by atoms with Gasteiger partial charge in [-0.2, -0.15) is 0 Å². The number of benzene rings is 2. The Morgan fingerprint density at radius 1 is 1.20 bits per heavy atom. The van der Waals surface area contributed by atoms with E-state index in [4.69, 9.17) is 9.84 Å². The molecule has 0 aliphatic carbocycles. The first-order valence-electron chi connectivity index (χ1n) is 7.54. The summed E-state index contributed by atoms with van der Waals surface area (Å²) < 4.78 is 31.8. The van der Waals surface area contributed by atoms with Gasteiger partial charge in [0.15, 0.2) is 0 Å². The van der Waals surface area contributed by atoms with E-state index in [1.165, 1.54) is 25.3 Å². The number of carbonyl (C=O) groups excluding carboxylic acids is 1. The molecule has 2 rings (SSSR count). The third-order valence-corrected chi connectivity index (χ3v) is 4.98. The molecule has 0 radical (unpaired) electrons. The van der Waals surface area contributed by atoms with Crippen LogP contribution in [-0.2, 0) is 10.0 Å². The Morgan fingerprint density at radius 2 is 1.92 bits per heavy atom. The van der Waals surface area contributed by atoms with Crippen LogP contribution in [0.15, 0.2) is 47.4 Å². The first kappa shape index (κ1) is 18.9. The van der Waals surface area contributed by atoms with Crippen LogP contribution in [0.2, 0.25) is 0 Å². The van der Waals surface area contributed by atoms with Crippen molar-refractivity contribution in [1.29, 1.82) is 0 Å². The van der Waals surface area contributed by atoms with Gasteiger partial charge in [0.25, 0.3) is 5.91 Å². The fourth-order valence-corrected chi connectivity index (χ4v) is 3.28. The molecule has 0 unspecified atom stereocenters. The quantitative estimate of drug-likeness (QED) is 0.691. The number of aliphatic hydroxyl groups excluding tert-OH is 1. The Hall–Kier alpha value is -2.42. The Balaban J connectivity index is 2.35. The number of carbonyl (C=O) groups is 1. The van der Waals surface area contributed by atoms with Gasteiger partial charge < -0.3 is 15.2 Å². The first-order chi connectivity index (χ1) is 11.9. The van der Waals surface area contributed by atoms with Crippen molar-refractivity contribution in [2.24, 2.45) is 0 Å². The Morgan fingerprint density at radius 3 is 2.56 bits per heavy atom. The minimum atomic E-state index is -3.80. The van der Waals surface area contributed by atoms with E-state index in [1.54, 1.807) is 12.1 Å². The molecule has 1 amide bonds. The van der Waals surface area contributed by atoms with E-state index in [1.807, 2.05) is 19.1 Å². The fourth-order valence-electron chi connectivity index (χ4n) is 2.23. The number of hydrogen-bond acceptors (Lipinski definition) is 5. The van der Waals surface area contributed by atoms with Gasteiger partial charge in [0.2, 0.25) is 10.0 Å². The van der Waals surface area contributed by atoms with Gasteiger partial charge in [0, 0.05) is 12.1 Å². The lowest BCUT2D eigenvalue weighted by molar-refractivity contribution is 0.102. The minimum absolute atomic E-state index is 0.0400. The maximum Gasteiger partial charge on any atom is 0.256 e. The summed E-state index contributed by atoms with van der Waals surface area (Å²) in [7, 11) is -2.37. The fraction of sp³-hybridized carbons (Fsp3) is 0.235. The summed E-state index contributed by atoms with van der Waals surface area (Å²) in [5.41, 5.74) is 1.52. The number of hydrogen-bond donors (Lipinski definition) is 3. The topological polar surface area (TPSA) is 105 Å². The normalized spacial score (nSPS) is 11.2. The molecule has 0 saturated heterocycles. The second kappa shape index (κ2) is 8.11. The van der Waals surface area contributed by atoms with Crippen LogP contribution in [0.1, 0.15) is 15.9 Å². The van der Waals surface area contributed by atoms with Crippen molar-refractivity contribution >= 4 is 21.6 Å². The van der Waals surface area contributed by atoms with Gasteiger partial charge in [0.05, 0.1) is 24.3 Å². The summed E-state index contributed by atoms with van der Waals surface area (Å²) in [5, 5.41) is 11.5.